The van der Waals surface area contributed by atoms with Gasteiger partial charge in [0.05, 0.1) is 0 Å². The Kier molecular flexibility index (Phi) is 2.08. The summed E-state index contributed by atoms with van der Waals surface area (Å²) in [6.07, 6.45) is 0. The van der Waals surface area contributed by atoms with E-state index in [0.717, 1.165) is 12.1 Å². The molecule has 3 heteroatoms. The van der Waals surface area contributed by atoms with E-state index >= 15 is 0 Å². The number of fused-ring (bicyclic) bond motifs is 3. The fourth-order valence-corrected chi connectivity index (χ4v) is 2.07. The first-order valence-electron chi connectivity index (χ1n) is 5.13. The fraction of sp³-hybridized carbons (Fsp3) is 0. The van der Waals surface area contributed by atoms with Gasteiger partial charge in [-0.15, -0.1) is 0 Å². The van der Waals surface area contributed by atoms with E-state index in [0.29, 0.717) is 16.2 Å². The molecule has 0 heterocycles. The van der Waals surface area contributed by atoms with Crippen LogP contribution in [0.4, 0.5) is 13.2 Å². The molecular formula is C14H7F3. The van der Waals surface area contributed by atoms with E-state index in [1.165, 1.54) is 6.07 Å². The molecule has 0 saturated heterocycles. The maximum Gasteiger partial charge on any atom is 0.166 e. The molecule has 0 nitrogen and oxygen atoms in total. The summed E-state index contributed by atoms with van der Waals surface area (Å²) in [5.41, 5.74) is 0. The molecule has 0 aliphatic rings. The monoisotopic (exact) mass is 232 g/mol. The summed E-state index contributed by atoms with van der Waals surface area (Å²) in [4.78, 5) is 0. The molecule has 0 aliphatic heterocycles. The number of hydrogen-bond acceptors (Lipinski definition) is 0. The van der Waals surface area contributed by atoms with E-state index in [-0.39, 0.29) is 5.39 Å². The highest BCUT2D eigenvalue weighted by atomic mass is 19.2. The molecule has 3 aromatic carbocycles. The van der Waals surface area contributed by atoms with Gasteiger partial charge in [-0.25, -0.2) is 13.2 Å². The van der Waals surface area contributed by atoms with Crippen LogP contribution in [0.25, 0.3) is 21.5 Å². The first-order valence-corrected chi connectivity index (χ1v) is 5.13. The lowest BCUT2D eigenvalue weighted by Crippen LogP contribution is -1.89. The SMILES string of the molecule is Fc1ccc2c(cc(F)c3ccccc32)c1F. The van der Waals surface area contributed by atoms with E-state index in [1.54, 1.807) is 24.3 Å². The molecule has 0 spiro atoms. The van der Waals surface area contributed by atoms with Crippen LogP contribution in [-0.4, -0.2) is 0 Å². The van der Waals surface area contributed by atoms with Crippen molar-refractivity contribution in [3.63, 3.8) is 0 Å². The van der Waals surface area contributed by atoms with Gasteiger partial charge in [0.25, 0.3) is 0 Å². The summed E-state index contributed by atoms with van der Waals surface area (Å²) < 4.78 is 40.4. The van der Waals surface area contributed by atoms with Crippen molar-refractivity contribution >= 4 is 21.5 Å². The maximum atomic E-state index is 13.7. The Morgan fingerprint density at radius 2 is 1.24 bits per heavy atom. The Morgan fingerprint density at radius 1 is 0.588 bits per heavy atom. The summed E-state index contributed by atoms with van der Waals surface area (Å²) in [6, 6.07) is 10.3. The van der Waals surface area contributed by atoms with Gasteiger partial charge >= 0.3 is 0 Å². The molecule has 17 heavy (non-hydrogen) atoms. The van der Waals surface area contributed by atoms with E-state index in [4.69, 9.17) is 0 Å². The van der Waals surface area contributed by atoms with Crippen LogP contribution >= 0.6 is 0 Å². The lowest BCUT2D eigenvalue weighted by molar-refractivity contribution is 0.516. The zero-order valence-electron chi connectivity index (χ0n) is 8.68. The predicted molar refractivity (Wildman–Crippen MR) is 61.3 cm³/mol. The van der Waals surface area contributed by atoms with Crippen LogP contribution in [-0.2, 0) is 0 Å². The Balaban J connectivity index is 2.62. The Morgan fingerprint density at radius 3 is 2.00 bits per heavy atom. The molecule has 0 aliphatic carbocycles. The first-order chi connectivity index (χ1) is 8.18. The Labute approximate surface area is 95.3 Å². The zero-order valence-corrected chi connectivity index (χ0v) is 8.68. The van der Waals surface area contributed by atoms with Gasteiger partial charge in [0.15, 0.2) is 11.6 Å². The Hall–Kier alpha value is -2.03. The number of benzene rings is 3. The van der Waals surface area contributed by atoms with Crippen LogP contribution in [0.5, 0.6) is 0 Å². The van der Waals surface area contributed by atoms with E-state index in [1.807, 2.05) is 0 Å². The maximum absolute atomic E-state index is 13.7. The number of rotatable bonds is 0. The second-order valence-electron chi connectivity index (χ2n) is 3.86. The third-order valence-corrected chi connectivity index (χ3v) is 2.88. The minimum absolute atomic E-state index is 0.0267. The smallest absolute Gasteiger partial charge is 0.166 e. The molecule has 0 fully saturated rings. The average molecular weight is 232 g/mol. The van der Waals surface area contributed by atoms with Crippen molar-refractivity contribution in [2.75, 3.05) is 0 Å². The van der Waals surface area contributed by atoms with Gasteiger partial charge in [-0.1, -0.05) is 30.3 Å². The highest BCUT2D eigenvalue weighted by Crippen LogP contribution is 2.30. The third kappa shape index (κ3) is 1.39. The van der Waals surface area contributed by atoms with E-state index < -0.39 is 17.5 Å². The molecule has 0 aromatic heterocycles. The van der Waals surface area contributed by atoms with Crippen LogP contribution in [0.3, 0.4) is 0 Å². The van der Waals surface area contributed by atoms with Crippen LogP contribution in [0.1, 0.15) is 0 Å². The number of halogens is 3. The highest BCUT2D eigenvalue weighted by Gasteiger charge is 2.12. The molecule has 0 unspecified atom stereocenters. The van der Waals surface area contributed by atoms with Crippen molar-refractivity contribution in [1.29, 1.82) is 0 Å². The Bertz CT molecular complexity index is 732. The predicted octanol–water partition coefficient (Wildman–Crippen LogP) is 4.41. The molecule has 0 saturated carbocycles. The summed E-state index contributed by atoms with van der Waals surface area (Å²) in [5, 5.41) is 1.48. The van der Waals surface area contributed by atoms with Crippen LogP contribution in [0.15, 0.2) is 42.5 Å². The van der Waals surface area contributed by atoms with Gasteiger partial charge in [0, 0.05) is 10.8 Å². The van der Waals surface area contributed by atoms with Gasteiger partial charge in [-0.3, -0.25) is 0 Å². The molecule has 0 bridgehead atoms. The van der Waals surface area contributed by atoms with Crippen molar-refractivity contribution in [2.45, 2.75) is 0 Å². The summed E-state index contributed by atoms with van der Waals surface area (Å²) in [6.45, 7) is 0. The minimum Gasteiger partial charge on any atom is -0.206 e. The van der Waals surface area contributed by atoms with Gasteiger partial charge in [0.1, 0.15) is 5.82 Å². The van der Waals surface area contributed by atoms with Crippen molar-refractivity contribution in [3.05, 3.63) is 59.9 Å². The summed E-state index contributed by atoms with van der Waals surface area (Å²) in [7, 11) is 0. The second-order valence-corrected chi connectivity index (χ2v) is 3.86. The normalized spacial score (nSPS) is 11.2. The van der Waals surface area contributed by atoms with Gasteiger partial charge in [-0.2, -0.15) is 0 Å². The van der Waals surface area contributed by atoms with Crippen LogP contribution in [0.2, 0.25) is 0 Å². The molecule has 0 N–H and O–H groups in total. The van der Waals surface area contributed by atoms with Gasteiger partial charge in [-0.05, 0) is 22.9 Å². The lowest BCUT2D eigenvalue weighted by Gasteiger charge is -2.06. The summed E-state index contributed by atoms with van der Waals surface area (Å²) >= 11 is 0. The number of hydrogen-bond donors (Lipinski definition) is 0. The molecule has 3 rings (SSSR count). The topological polar surface area (TPSA) is 0 Å². The first kappa shape index (κ1) is 10.1. The molecule has 0 atom stereocenters. The standard InChI is InChI=1S/C14H7F3/c15-12-6-5-9-8-3-1-2-4-10(8)13(16)7-11(9)14(12)17/h1-7H. The third-order valence-electron chi connectivity index (χ3n) is 2.88. The second kappa shape index (κ2) is 3.48. The van der Waals surface area contributed by atoms with E-state index in [9.17, 15) is 13.2 Å². The summed E-state index contributed by atoms with van der Waals surface area (Å²) in [5.74, 6) is -2.52. The van der Waals surface area contributed by atoms with Crippen LogP contribution < -0.4 is 0 Å². The van der Waals surface area contributed by atoms with E-state index in [2.05, 4.69) is 0 Å². The lowest BCUT2D eigenvalue weighted by atomic mass is 10.0. The van der Waals surface area contributed by atoms with Crippen molar-refractivity contribution in [1.82, 2.24) is 0 Å². The average Bonchev–Trinajstić information content (AvgIpc) is 2.35. The zero-order chi connectivity index (χ0) is 12.0. The molecule has 84 valence electrons. The molecule has 3 aromatic rings. The van der Waals surface area contributed by atoms with Crippen molar-refractivity contribution < 1.29 is 13.2 Å². The van der Waals surface area contributed by atoms with Gasteiger partial charge < -0.3 is 0 Å². The molecule has 0 amide bonds. The highest BCUT2D eigenvalue weighted by molar-refractivity contribution is 6.07. The van der Waals surface area contributed by atoms with Gasteiger partial charge in [0.2, 0.25) is 0 Å². The quantitative estimate of drug-likeness (QED) is 0.503. The largest absolute Gasteiger partial charge is 0.206 e. The minimum atomic E-state index is -1.01. The molecule has 0 radical (unpaired) electrons. The van der Waals surface area contributed by atoms with Crippen LogP contribution in [0, 0.1) is 17.5 Å². The van der Waals surface area contributed by atoms with Crippen molar-refractivity contribution in [3.8, 4) is 0 Å². The fourth-order valence-electron chi connectivity index (χ4n) is 2.07. The van der Waals surface area contributed by atoms with Crippen molar-refractivity contribution in [2.24, 2.45) is 0 Å². The molecular weight excluding hydrogens is 225 g/mol.